The summed E-state index contributed by atoms with van der Waals surface area (Å²) in [5.41, 5.74) is 4.33. The van der Waals surface area contributed by atoms with Gasteiger partial charge in [-0.2, -0.15) is 18.2 Å². The zero-order valence-corrected chi connectivity index (χ0v) is 11.4. The van der Waals surface area contributed by atoms with Crippen molar-refractivity contribution in [1.29, 1.82) is 0 Å². The molecule has 1 heterocycles. The third kappa shape index (κ3) is 4.72. The number of rotatable bonds is 4. The van der Waals surface area contributed by atoms with Gasteiger partial charge in [0.1, 0.15) is 12.1 Å². The molecular formula is C10H13ClF3N5O. The number of halogens is 4. The molecule has 0 aliphatic rings. The number of carbonyl (C=O) groups is 1. The number of carbonyl (C=O) groups excluding carboxylic acids is 1. The van der Waals surface area contributed by atoms with E-state index in [1.807, 2.05) is 0 Å². The van der Waals surface area contributed by atoms with Gasteiger partial charge >= 0.3 is 6.18 Å². The van der Waals surface area contributed by atoms with Crippen LogP contribution in [0.25, 0.3) is 0 Å². The van der Waals surface area contributed by atoms with Gasteiger partial charge in [-0.1, -0.05) is 0 Å². The maximum atomic E-state index is 12.1. The molecule has 4 N–H and O–H groups in total. The van der Waals surface area contributed by atoms with Crippen LogP contribution in [0.3, 0.4) is 0 Å². The molecule has 0 aliphatic carbocycles. The average molecular weight is 312 g/mol. The van der Waals surface area contributed by atoms with Crippen molar-refractivity contribution >= 4 is 29.0 Å². The zero-order chi connectivity index (χ0) is 15.6. The van der Waals surface area contributed by atoms with Gasteiger partial charge in [0.2, 0.25) is 11.2 Å². The molecule has 0 aromatic carbocycles. The molecule has 1 amide bonds. The number of aromatic nitrogens is 2. The highest BCUT2D eigenvalue weighted by Gasteiger charge is 2.33. The van der Waals surface area contributed by atoms with Crippen molar-refractivity contribution in [2.75, 3.05) is 17.6 Å². The van der Waals surface area contributed by atoms with Crippen LogP contribution in [-0.2, 0) is 4.79 Å². The first-order valence-corrected chi connectivity index (χ1v) is 5.80. The Labute approximate surface area is 117 Å². The Morgan fingerprint density at radius 1 is 1.45 bits per heavy atom. The summed E-state index contributed by atoms with van der Waals surface area (Å²) in [6.07, 6.45) is -3.26. The number of nitrogens with one attached hydrogen (secondary N) is 2. The van der Waals surface area contributed by atoms with Crippen molar-refractivity contribution in [2.24, 2.45) is 0 Å². The fraction of sp³-hybridized carbons (Fsp3) is 0.500. The molecule has 1 aromatic heterocycles. The molecule has 0 aliphatic heterocycles. The SMILES string of the molecule is CC(C)(Nc1nc(Cl)ncc1N)C(=O)NCC(F)(F)F. The number of hydrogen-bond acceptors (Lipinski definition) is 5. The molecule has 0 unspecified atom stereocenters. The first kappa shape index (κ1) is 16.3. The number of amides is 1. The molecule has 20 heavy (non-hydrogen) atoms. The van der Waals surface area contributed by atoms with Crippen molar-refractivity contribution in [3.63, 3.8) is 0 Å². The van der Waals surface area contributed by atoms with E-state index in [0.29, 0.717) is 0 Å². The Morgan fingerprint density at radius 3 is 2.60 bits per heavy atom. The minimum atomic E-state index is -4.48. The molecule has 0 spiro atoms. The van der Waals surface area contributed by atoms with Crippen molar-refractivity contribution in [3.8, 4) is 0 Å². The third-order valence-electron chi connectivity index (χ3n) is 2.24. The molecule has 0 saturated heterocycles. The maximum Gasteiger partial charge on any atom is 0.405 e. The number of hydrogen-bond donors (Lipinski definition) is 3. The van der Waals surface area contributed by atoms with Crippen molar-refractivity contribution in [1.82, 2.24) is 15.3 Å². The van der Waals surface area contributed by atoms with Gasteiger partial charge in [-0.15, -0.1) is 0 Å². The molecule has 1 rings (SSSR count). The van der Waals surface area contributed by atoms with Gasteiger partial charge in [-0.05, 0) is 25.4 Å². The fourth-order valence-corrected chi connectivity index (χ4v) is 1.36. The Kier molecular flexibility index (Phi) is 4.64. The summed E-state index contributed by atoms with van der Waals surface area (Å²) in [5, 5.41) is 4.29. The number of anilines is 2. The van der Waals surface area contributed by atoms with Crippen LogP contribution in [0.1, 0.15) is 13.8 Å². The largest absolute Gasteiger partial charge is 0.405 e. The lowest BCUT2D eigenvalue weighted by atomic mass is 10.0. The maximum absolute atomic E-state index is 12.1. The minimum Gasteiger partial charge on any atom is -0.394 e. The van der Waals surface area contributed by atoms with E-state index < -0.39 is 24.2 Å². The second-order valence-electron chi connectivity index (χ2n) is 4.49. The lowest BCUT2D eigenvalue weighted by molar-refractivity contribution is -0.140. The number of nitrogens with two attached hydrogens (primary N) is 1. The highest BCUT2D eigenvalue weighted by molar-refractivity contribution is 6.28. The Morgan fingerprint density at radius 2 is 2.05 bits per heavy atom. The number of nitrogens with zero attached hydrogens (tertiary/aromatic N) is 2. The van der Waals surface area contributed by atoms with E-state index >= 15 is 0 Å². The van der Waals surface area contributed by atoms with E-state index in [2.05, 4.69) is 15.3 Å². The van der Waals surface area contributed by atoms with Crippen LogP contribution in [0.4, 0.5) is 24.7 Å². The number of alkyl halides is 3. The van der Waals surface area contributed by atoms with E-state index in [4.69, 9.17) is 17.3 Å². The van der Waals surface area contributed by atoms with Crippen LogP contribution in [-0.4, -0.2) is 34.1 Å². The quantitative estimate of drug-likeness (QED) is 0.734. The van der Waals surface area contributed by atoms with E-state index in [0.717, 1.165) is 0 Å². The first-order valence-electron chi connectivity index (χ1n) is 5.42. The van der Waals surface area contributed by atoms with Gasteiger partial charge in [-0.25, -0.2) is 4.98 Å². The van der Waals surface area contributed by atoms with E-state index in [1.54, 1.807) is 5.32 Å². The molecule has 112 valence electrons. The Bertz CT molecular complexity index is 506. The number of nitrogen functional groups attached to an aromatic ring is 1. The second kappa shape index (κ2) is 5.70. The third-order valence-corrected chi connectivity index (χ3v) is 2.42. The molecular weight excluding hydrogens is 299 g/mol. The molecule has 0 fully saturated rings. The van der Waals surface area contributed by atoms with Crippen LogP contribution >= 0.6 is 11.6 Å². The average Bonchev–Trinajstić information content (AvgIpc) is 2.29. The van der Waals surface area contributed by atoms with Crippen LogP contribution in [0.15, 0.2) is 6.20 Å². The normalized spacial score (nSPS) is 12.1. The lowest BCUT2D eigenvalue weighted by Gasteiger charge is -2.26. The minimum absolute atomic E-state index is 0.0668. The fourth-order valence-electron chi connectivity index (χ4n) is 1.22. The summed E-state index contributed by atoms with van der Waals surface area (Å²) < 4.78 is 36.2. The Hall–Kier alpha value is -1.77. The van der Waals surface area contributed by atoms with Gasteiger partial charge in [0.05, 0.1) is 11.9 Å². The summed E-state index contributed by atoms with van der Waals surface area (Å²) in [4.78, 5) is 19.1. The van der Waals surface area contributed by atoms with E-state index in [-0.39, 0.29) is 16.8 Å². The predicted molar refractivity (Wildman–Crippen MR) is 68.2 cm³/mol. The molecule has 6 nitrogen and oxygen atoms in total. The summed E-state index contributed by atoms with van der Waals surface area (Å²) >= 11 is 5.58. The molecule has 1 aromatic rings. The van der Waals surface area contributed by atoms with Gasteiger partial charge in [-0.3, -0.25) is 4.79 Å². The molecule has 0 atom stereocenters. The highest BCUT2D eigenvalue weighted by Crippen LogP contribution is 2.21. The van der Waals surface area contributed by atoms with Gasteiger partial charge in [0.15, 0.2) is 5.82 Å². The van der Waals surface area contributed by atoms with Gasteiger partial charge in [0, 0.05) is 0 Å². The van der Waals surface area contributed by atoms with Crippen LogP contribution in [0, 0.1) is 0 Å². The van der Waals surface area contributed by atoms with Crippen LogP contribution < -0.4 is 16.4 Å². The second-order valence-corrected chi connectivity index (χ2v) is 4.83. The Balaban J connectivity index is 2.78. The lowest BCUT2D eigenvalue weighted by Crippen LogP contribution is -2.50. The van der Waals surface area contributed by atoms with Crippen LogP contribution in [0.5, 0.6) is 0 Å². The van der Waals surface area contributed by atoms with Gasteiger partial charge < -0.3 is 16.4 Å². The highest BCUT2D eigenvalue weighted by atomic mass is 35.5. The molecule has 0 radical (unpaired) electrons. The van der Waals surface area contributed by atoms with E-state index in [9.17, 15) is 18.0 Å². The van der Waals surface area contributed by atoms with E-state index in [1.165, 1.54) is 20.0 Å². The zero-order valence-electron chi connectivity index (χ0n) is 10.7. The van der Waals surface area contributed by atoms with Crippen molar-refractivity contribution < 1.29 is 18.0 Å². The predicted octanol–water partition coefficient (Wildman–Crippen LogP) is 1.58. The molecule has 0 saturated carbocycles. The first-order chi connectivity index (χ1) is 9.01. The summed E-state index contributed by atoms with van der Waals surface area (Å²) in [5.74, 6) is -0.791. The van der Waals surface area contributed by atoms with Crippen molar-refractivity contribution in [3.05, 3.63) is 11.5 Å². The van der Waals surface area contributed by atoms with Crippen molar-refractivity contribution in [2.45, 2.75) is 25.6 Å². The topological polar surface area (TPSA) is 92.9 Å². The monoisotopic (exact) mass is 311 g/mol. The smallest absolute Gasteiger partial charge is 0.394 e. The molecule has 0 bridgehead atoms. The van der Waals surface area contributed by atoms with Gasteiger partial charge in [0.25, 0.3) is 0 Å². The molecule has 10 heteroatoms. The van der Waals surface area contributed by atoms with Crippen LogP contribution in [0.2, 0.25) is 5.28 Å². The summed E-state index contributed by atoms with van der Waals surface area (Å²) in [6, 6.07) is 0. The summed E-state index contributed by atoms with van der Waals surface area (Å²) in [7, 11) is 0. The standard InChI is InChI=1S/C10H13ClF3N5O/c1-9(2,7(20)17-4-10(12,13)14)19-6-5(15)3-16-8(11)18-6/h3H,4,15H2,1-2H3,(H,17,20)(H,16,18,19). The summed E-state index contributed by atoms with van der Waals surface area (Å²) in [6.45, 7) is 1.35.